The van der Waals surface area contributed by atoms with Gasteiger partial charge in [0.2, 0.25) is 0 Å². The second-order valence-corrected chi connectivity index (χ2v) is 7.02. The highest BCUT2D eigenvalue weighted by Crippen LogP contribution is 2.41. The third kappa shape index (κ3) is 2.86. The van der Waals surface area contributed by atoms with Gasteiger partial charge in [0.15, 0.2) is 0 Å². The number of nitrogens with zero attached hydrogens (tertiary/aromatic N) is 2. The topological polar surface area (TPSA) is 43.8 Å². The molecule has 4 nitrogen and oxygen atoms in total. The van der Waals surface area contributed by atoms with Gasteiger partial charge in [0.25, 0.3) is 0 Å². The highest BCUT2D eigenvalue weighted by atomic mass is 16.4. The predicted molar refractivity (Wildman–Crippen MR) is 78.8 cm³/mol. The molecule has 0 radical (unpaired) electrons. The van der Waals surface area contributed by atoms with E-state index in [9.17, 15) is 4.79 Å². The van der Waals surface area contributed by atoms with Gasteiger partial charge in [-0.1, -0.05) is 6.42 Å². The van der Waals surface area contributed by atoms with Gasteiger partial charge in [-0.3, -0.25) is 9.69 Å². The van der Waals surface area contributed by atoms with Crippen LogP contribution in [0, 0.1) is 5.92 Å². The molecule has 3 fully saturated rings. The van der Waals surface area contributed by atoms with Crippen molar-refractivity contribution in [2.45, 2.75) is 69.5 Å². The molecule has 0 aliphatic carbocycles. The number of aliphatic carboxylic acids is 1. The summed E-state index contributed by atoms with van der Waals surface area (Å²) in [6, 6.07) is 2.24. The van der Waals surface area contributed by atoms with Crippen molar-refractivity contribution in [2.75, 3.05) is 20.1 Å². The Hall–Kier alpha value is -0.610. The van der Waals surface area contributed by atoms with Crippen molar-refractivity contribution in [1.29, 1.82) is 0 Å². The van der Waals surface area contributed by atoms with E-state index in [4.69, 9.17) is 5.11 Å². The number of hydrogen-bond donors (Lipinski definition) is 1. The van der Waals surface area contributed by atoms with E-state index in [2.05, 4.69) is 16.8 Å². The quantitative estimate of drug-likeness (QED) is 0.857. The van der Waals surface area contributed by atoms with Crippen LogP contribution in [0.5, 0.6) is 0 Å². The van der Waals surface area contributed by atoms with Gasteiger partial charge in [0.1, 0.15) is 0 Å². The van der Waals surface area contributed by atoms with Crippen LogP contribution in [0.25, 0.3) is 0 Å². The highest BCUT2D eigenvalue weighted by Gasteiger charge is 2.42. The van der Waals surface area contributed by atoms with Crippen LogP contribution in [-0.4, -0.2) is 59.1 Å². The van der Waals surface area contributed by atoms with Crippen LogP contribution < -0.4 is 0 Å². The molecule has 3 unspecified atom stereocenters. The summed E-state index contributed by atoms with van der Waals surface area (Å²) < 4.78 is 0. The maximum Gasteiger partial charge on any atom is 0.304 e. The summed E-state index contributed by atoms with van der Waals surface area (Å²) in [5, 5.41) is 8.94. The average Bonchev–Trinajstić information content (AvgIpc) is 2.67. The maximum atomic E-state index is 10.8. The van der Waals surface area contributed by atoms with Crippen LogP contribution in [-0.2, 0) is 4.79 Å². The van der Waals surface area contributed by atoms with Crippen LogP contribution in [0.2, 0.25) is 0 Å². The van der Waals surface area contributed by atoms with E-state index in [-0.39, 0.29) is 0 Å². The number of hydrogen-bond acceptors (Lipinski definition) is 3. The lowest BCUT2D eigenvalue weighted by molar-refractivity contribution is -0.137. The molecule has 0 aromatic carbocycles. The van der Waals surface area contributed by atoms with Gasteiger partial charge >= 0.3 is 5.97 Å². The molecule has 3 aliphatic rings. The minimum absolute atomic E-state index is 0.302. The molecular formula is C16H28N2O2. The molecule has 3 heterocycles. The van der Waals surface area contributed by atoms with Crippen molar-refractivity contribution < 1.29 is 9.90 Å². The number of carbonyl (C=O) groups is 1. The normalized spacial score (nSPS) is 39.0. The Kier molecular flexibility index (Phi) is 4.32. The average molecular weight is 280 g/mol. The molecule has 0 spiro atoms. The zero-order chi connectivity index (χ0) is 14.1. The van der Waals surface area contributed by atoms with Crippen molar-refractivity contribution in [3.05, 3.63) is 0 Å². The summed E-state index contributed by atoms with van der Waals surface area (Å²) >= 11 is 0. The van der Waals surface area contributed by atoms with Gasteiger partial charge in [-0.25, -0.2) is 0 Å². The van der Waals surface area contributed by atoms with Crippen molar-refractivity contribution >= 4 is 5.97 Å². The molecule has 0 aromatic rings. The van der Waals surface area contributed by atoms with E-state index in [1.54, 1.807) is 0 Å². The fourth-order valence-electron chi connectivity index (χ4n) is 4.84. The molecule has 4 heteroatoms. The van der Waals surface area contributed by atoms with E-state index in [1.165, 1.54) is 44.9 Å². The van der Waals surface area contributed by atoms with E-state index >= 15 is 0 Å². The third-order valence-electron chi connectivity index (χ3n) is 5.96. The van der Waals surface area contributed by atoms with Crippen LogP contribution in [0.3, 0.4) is 0 Å². The molecule has 1 N–H and O–H groups in total. The number of likely N-dealkylation sites (tertiary alicyclic amines) is 1. The third-order valence-corrected chi connectivity index (χ3v) is 5.96. The number of carboxylic acids is 1. The first-order valence-corrected chi connectivity index (χ1v) is 8.33. The van der Waals surface area contributed by atoms with Crippen LogP contribution in [0.4, 0.5) is 0 Å². The first-order valence-electron chi connectivity index (χ1n) is 8.33. The number of piperidine rings is 2. The summed E-state index contributed by atoms with van der Waals surface area (Å²) in [6.07, 6.45) is 9.58. The Morgan fingerprint density at radius 3 is 2.50 bits per heavy atom. The van der Waals surface area contributed by atoms with Crippen molar-refractivity contribution in [3.8, 4) is 0 Å². The zero-order valence-electron chi connectivity index (χ0n) is 12.6. The molecule has 0 aromatic heterocycles. The summed E-state index contributed by atoms with van der Waals surface area (Å²) in [4.78, 5) is 15.9. The largest absolute Gasteiger partial charge is 0.481 e. The second kappa shape index (κ2) is 6.02. The molecule has 3 aliphatic heterocycles. The van der Waals surface area contributed by atoms with Gasteiger partial charge in [-0.15, -0.1) is 0 Å². The monoisotopic (exact) mass is 280 g/mol. The number of rotatable bonds is 4. The Balaban J connectivity index is 1.63. The first-order chi connectivity index (χ1) is 9.65. The van der Waals surface area contributed by atoms with Crippen LogP contribution >= 0.6 is 0 Å². The van der Waals surface area contributed by atoms with Crippen molar-refractivity contribution in [1.82, 2.24) is 9.80 Å². The Bertz CT molecular complexity index is 346. The standard InChI is InChI=1S/C16H28N2O2/c1-17-13-5-6-14(17)11-12(10-13)15-4-2-3-8-18(15)9-7-16(19)20/h12-15H,2-11H2,1H3,(H,19,20). The molecule has 2 bridgehead atoms. The fourth-order valence-corrected chi connectivity index (χ4v) is 4.84. The second-order valence-electron chi connectivity index (χ2n) is 7.02. The van der Waals surface area contributed by atoms with Gasteiger partial charge < -0.3 is 10.0 Å². The summed E-state index contributed by atoms with van der Waals surface area (Å²) in [6.45, 7) is 1.86. The van der Waals surface area contributed by atoms with E-state index in [1.807, 2.05) is 0 Å². The zero-order valence-corrected chi connectivity index (χ0v) is 12.6. The van der Waals surface area contributed by atoms with Gasteiger partial charge in [0, 0.05) is 24.7 Å². The molecular weight excluding hydrogens is 252 g/mol. The predicted octanol–water partition coefficient (Wildman–Crippen LogP) is 2.19. The summed E-state index contributed by atoms with van der Waals surface area (Å²) in [5.41, 5.74) is 0. The van der Waals surface area contributed by atoms with Crippen LogP contribution in [0.15, 0.2) is 0 Å². The number of fused-ring (bicyclic) bond motifs is 2. The molecule has 0 amide bonds. The first kappa shape index (κ1) is 14.3. The highest BCUT2D eigenvalue weighted by molar-refractivity contribution is 5.66. The molecule has 3 saturated heterocycles. The lowest BCUT2D eigenvalue weighted by Crippen LogP contribution is -2.50. The molecule has 114 valence electrons. The van der Waals surface area contributed by atoms with Gasteiger partial charge in [-0.2, -0.15) is 0 Å². The molecule has 20 heavy (non-hydrogen) atoms. The minimum Gasteiger partial charge on any atom is -0.481 e. The smallest absolute Gasteiger partial charge is 0.304 e. The summed E-state index contributed by atoms with van der Waals surface area (Å²) in [7, 11) is 2.29. The maximum absolute atomic E-state index is 10.8. The lowest BCUT2D eigenvalue weighted by atomic mass is 9.80. The Morgan fingerprint density at radius 2 is 1.85 bits per heavy atom. The lowest BCUT2D eigenvalue weighted by Gasteiger charge is -2.45. The molecule has 3 rings (SSSR count). The van der Waals surface area contributed by atoms with Crippen molar-refractivity contribution in [3.63, 3.8) is 0 Å². The fraction of sp³-hybridized carbons (Fsp3) is 0.938. The van der Waals surface area contributed by atoms with Gasteiger partial charge in [0.05, 0.1) is 6.42 Å². The van der Waals surface area contributed by atoms with E-state index in [0.29, 0.717) is 12.5 Å². The molecule has 3 atom stereocenters. The van der Waals surface area contributed by atoms with Gasteiger partial charge in [-0.05, 0) is 58.0 Å². The van der Waals surface area contributed by atoms with Crippen LogP contribution in [0.1, 0.15) is 51.4 Å². The molecule has 0 saturated carbocycles. The minimum atomic E-state index is -0.655. The van der Waals surface area contributed by atoms with E-state index in [0.717, 1.165) is 31.1 Å². The summed E-state index contributed by atoms with van der Waals surface area (Å²) in [5.74, 6) is 0.149. The van der Waals surface area contributed by atoms with Crippen molar-refractivity contribution in [2.24, 2.45) is 5.92 Å². The number of carboxylic acid groups (broad SMARTS) is 1. The SMILES string of the molecule is CN1C2CCC1CC(C1CCCCN1CCC(=O)O)C2. The van der Waals surface area contributed by atoms with E-state index < -0.39 is 5.97 Å². The Labute approximate surface area is 122 Å². The Morgan fingerprint density at radius 1 is 1.15 bits per heavy atom.